The molecule has 0 bridgehead atoms. The first-order chi connectivity index (χ1) is 15.4. The van der Waals surface area contributed by atoms with Crippen molar-refractivity contribution in [2.75, 3.05) is 0 Å². The molecule has 0 radical (unpaired) electrons. The molecule has 0 amide bonds. The molecule has 2 aliphatic rings. The Labute approximate surface area is 190 Å². The summed E-state index contributed by atoms with van der Waals surface area (Å²) in [7, 11) is 0. The highest BCUT2D eigenvalue weighted by Crippen LogP contribution is 2.26. The normalized spacial score (nSPS) is 16.4. The molecular formula is C27H33NO4. The number of nitrogens with zero attached hydrogens (tertiary/aromatic N) is 1. The molecule has 4 rings (SSSR count). The van der Waals surface area contributed by atoms with Crippen molar-refractivity contribution in [1.82, 2.24) is 4.57 Å². The number of rotatable bonds is 6. The fraction of sp³-hybridized carbons (Fsp3) is 0.481. The Hall–Kier alpha value is -2.82. The molecule has 5 nitrogen and oxygen atoms in total. The van der Waals surface area contributed by atoms with E-state index in [0.29, 0.717) is 37.9 Å². The van der Waals surface area contributed by atoms with Crippen molar-refractivity contribution < 1.29 is 19.2 Å². The molecule has 2 aliphatic carbocycles. The summed E-state index contributed by atoms with van der Waals surface area (Å²) in [5.41, 5.74) is 4.80. The van der Waals surface area contributed by atoms with Gasteiger partial charge in [-0.05, 0) is 37.3 Å². The summed E-state index contributed by atoms with van der Waals surface area (Å²) in [4.78, 5) is 45.6. The van der Waals surface area contributed by atoms with Gasteiger partial charge in [0.15, 0.2) is 5.78 Å². The van der Waals surface area contributed by atoms with Gasteiger partial charge in [0, 0.05) is 55.6 Å². The van der Waals surface area contributed by atoms with Gasteiger partial charge in [-0.15, -0.1) is 0 Å². The van der Waals surface area contributed by atoms with Gasteiger partial charge in [-0.25, -0.2) is 0 Å². The summed E-state index contributed by atoms with van der Waals surface area (Å²) in [6, 6.07) is 12.6. The second-order valence-corrected chi connectivity index (χ2v) is 8.63. The van der Waals surface area contributed by atoms with Gasteiger partial charge in [0.1, 0.15) is 17.3 Å². The summed E-state index contributed by atoms with van der Waals surface area (Å²) in [6.07, 6.45) is 5.86. The second-order valence-electron chi connectivity index (χ2n) is 8.63. The molecule has 0 unspecified atom stereocenters. The minimum atomic E-state index is -0.610. The van der Waals surface area contributed by atoms with Crippen molar-refractivity contribution in [2.24, 2.45) is 5.92 Å². The fourth-order valence-electron chi connectivity index (χ4n) is 4.53. The van der Waals surface area contributed by atoms with Gasteiger partial charge >= 0.3 is 0 Å². The molecule has 0 saturated heterocycles. The number of Topliss-reactive ketones (excluding diaryl/α,β-unsaturated/α-hetero) is 4. The zero-order valence-electron chi connectivity index (χ0n) is 19.2. The molecule has 32 heavy (non-hydrogen) atoms. The third-order valence-electron chi connectivity index (χ3n) is 6.41. The molecule has 1 aromatic carbocycles. The smallest absolute Gasteiger partial charge is 0.164 e. The van der Waals surface area contributed by atoms with Gasteiger partial charge in [0.2, 0.25) is 0 Å². The maximum Gasteiger partial charge on any atom is 0.164 e. The van der Waals surface area contributed by atoms with Gasteiger partial charge in [0.25, 0.3) is 0 Å². The Morgan fingerprint density at radius 1 is 0.938 bits per heavy atom. The maximum absolute atomic E-state index is 12.0. The van der Waals surface area contributed by atoms with Gasteiger partial charge in [-0.1, -0.05) is 44.2 Å². The third kappa shape index (κ3) is 5.70. The molecule has 0 aliphatic heterocycles. The Kier molecular flexibility index (Phi) is 8.32. The van der Waals surface area contributed by atoms with Crippen molar-refractivity contribution in [2.45, 2.75) is 78.2 Å². The van der Waals surface area contributed by atoms with E-state index in [-0.39, 0.29) is 23.8 Å². The highest BCUT2D eigenvalue weighted by Gasteiger charge is 2.31. The third-order valence-corrected chi connectivity index (χ3v) is 6.41. The number of aryl methyl sites for hydroxylation is 1. The molecule has 5 heteroatoms. The maximum atomic E-state index is 12.0. The molecule has 1 heterocycles. The number of aromatic nitrogens is 1. The topological polar surface area (TPSA) is 73.2 Å². The average Bonchev–Trinajstić information content (AvgIpc) is 3.16. The lowest BCUT2D eigenvalue weighted by molar-refractivity contribution is -0.138. The summed E-state index contributed by atoms with van der Waals surface area (Å²) in [5, 5.41) is 0. The van der Waals surface area contributed by atoms with Crippen LogP contribution in [0.15, 0.2) is 36.4 Å². The number of hydrogen-bond donors (Lipinski definition) is 0. The highest BCUT2D eigenvalue weighted by molar-refractivity contribution is 6.07. The number of hydrogen-bond acceptors (Lipinski definition) is 4. The van der Waals surface area contributed by atoms with Crippen LogP contribution >= 0.6 is 0 Å². The van der Waals surface area contributed by atoms with Gasteiger partial charge in [-0.2, -0.15) is 0 Å². The summed E-state index contributed by atoms with van der Waals surface area (Å²) >= 11 is 0. The van der Waals surface area contributed by atoms with E-state index in [1.54, 1.807) is 6.92 Å². The van der Waals surface area contributed by atoms with Crippen LogP contribution in [0.4, 0.5) is 0 Å². The van der Waals surface area contributed by atoms with Crippen LogP contribution < -0.4 is 0 Å². The predicted molar refractivity (Wildman–Crippen MR) is 124 cm³/mol. The monoisotopic (exact) mass is 435 g/mol. The summed E-state index contributed by atoms with van der Waals surface area (Å²) < 4.78 is 2.35. The van der Waals surface area contributed by atoms with E-state index < -0.39 is 5.92 Å². The lowest BCUT2D eigenvalue weighted by Crippen LogP contribution is -2.30. The fourth-order valence-corrected chi connectivity index (χ4v) is 4.53. The number of ketones is 4. The van der Waals surface area contributed by atoms with Crippen LogP contribution in [0, 0.1) is 5.92 Å². The second kappa shape index (κ2) is 11.2. The lowest BCUT2D eigenvalue weighted by atomic mass is 9.83. The molecular weight excluding hydrogens is 402 g/mol. The van der Waals surface area contributed by atoms with Crippen LogP contribution in [0.1, 0.15) is 86.1 Å². The van der Waals surface area contributed by atoms with E-state index in [1.165, 1.54) is 17.0 Å². The Morgan fingerprint density at radius 2 is 1.59 bits per heavy atom. The Morgan fingerprint density at radius 3 is 2.22 bits per heavy atom. The van der Waals surface area contributed by atoms with Gasteiger partial charge in [-0.3, -0.25) is 19.2 Å². The lowest BCUT2D eigenvalue weighted by Gasteiger charge is -2.17. The van der Waals surface area contributed by atoms with E-state index in [2.05, 4.69) is 41.8 Å². The van der Waals surface area contributed by atoms with Crippen LogP contribution in [0.3, 0.4) is 0 Å². The number of carbonyl (C=O) groups is 4. The quantitative estimate of drug-likeness (QED) is 0.604. The average molecular weight is 436 g/mol. The zero-order valence-corrected chi connectivity index (χ0v) is 19.2. The van der Waals surface area contributed by atoms with Crippen molar-refractivity contribution >= 4 is 23.1 Å². The van der Waals surface area contributed by atoms with Crippen molar-refractivity contribution in [3.8, 4) is 0 Å². The first kappa shape index (κ1) is 23.8. The largest absolute Gasteiger partial charge is 0.344 e. The van der Waals surface area contributed by atoms with Crippen LogP contribution in [-0.4, -0.2) is 27.7 Å². The van der Waals surface area contributed by atoms with Crippen molar-refractivity contribution in [3.63, 3.8) is 0 Å². The number of carbonyl (C=O) groups excluding carboxylic acids is 4. The minimum Gasteiger partial charge on any atom is -0.344 e. The SMILES string of the molecule is CCC(=O)CC1C(=O)CCCC1=O.CCc1cc2c(n1Cc1ccccc1)CCCC2=O. The molecule has 0 spiro atoms. The Balaban J connectivity index is 0.000000195. The molecule has 0 atom stereocenters. The molecule has 2 aromatic rings. The van der Waals surface area contributed by atoms with E-state index in [9.17, 15) is 19.2 Å². The first-order valence-electron chi connectivity index (χ1n) is 11.8. The first-order valence-corrected chi connectivity index (χ1v) is 11.8. The minimum absolute atomic E-state index is 0.00796. The van der Waals surface area contributed by atoms with E-state index in [0.717, 1.165) is 31.4 Å². The molecule has 1 aromatic heterocycles. The standard InChI is InChI=1S/C17H19NO.C10H14O3/c1-2-14-11-15-16(9-6-10-17(15)19)18(14)12-13-7-4-3-5-8-13;1-2-7(11)6-8-9(12)4-3-5-10(8)13/h3-5,7-8,11H,2,6,9-10,12H2,1H3;8H,2-6H2,1H3. The molecule has 0 N–H and O–H groups in total. The van der Waals surface area contributed by atoms with Crippen LogP contribution in [0.5, 0.6) is 0 Å². The van der Waals surface area contributed by atoms with E-state index in [1.807, 2.05) is 6.07 Å². The summed E-state index contributed by atoms with van der Waals surface area (Å²) in [5.74, 6) is -0.367. The number of benzene rings is 1. The van der Waals surface area contributed by atoms with Gasteiger partial charge < -0.3 is 4.57 Å². The Bertz CT molecular complexity index is 971. The van der Waals surface area contributed by atoms with Crippen molar-refractivity contribution in [3.05, 3.63) is 58.9 Å². The highest BCUT2D eigenvalue weighted by atomic mass is 16.2. The molecule has 170 valence electrons. The van der Waals surface area contributed by atoms with Gasteiger partial charge in [0.05, 0.1) is 5.92 Å². The van der Waals surface area contributed by atoms with Crippen molar-refractivity contribution in [1.29, 1.82) is 0 Å². The molecule has 1 fully saturated rings. The van der Waals surface area contributed by atoms with Crippen LogP contribution in [0.25, 0.3) is 0 Å². The number of fused-ring (bicyclic) bond motifs is 1. The molecule has 1 saturated carbocycles. The van der Waals surface area contributed by atoms with Crippen LogP contribution in [0.2, 0.25) is 0 Å². The van der Waals surface area contributed by atoms with E-state index >= 15 is 0 Å². The zero-order chi connectivity index (χ0) is 23.1. The van der Waals surface area contributed by atoms with Crippen LogP contribution in [-0.2, 0) is 33.8 Å². The predicted octanol–water partition coefficient (Wildman–Crippen LogP) is 4.91. The van der Waals surface area contributed by atoms with E-state index in [4.69, 9.17) is 0 Å². The summed E-state index contributed by atoms with van der Waals surface area (Å²) in [6.45, 7) is 4.79.